The van der Waals surface area contributed by atoms with Crippen molar-refractivity contribution in [3.63, 3.8) is 0 Å². The summed E-state index contributed by atoms with van der Waals surface area (Å²) in [5.74, 6) is 1.47. The second-order valence-corrected chi connectivity index (χ2v) is 5.85. The molecule has 0 bridgehead atoms. The molecule has 2 fully saturated rings. The summed E-state index contributed by atoms with van der Waals surface area (Å²) in [7, 11) is 0. The highest BCUT2D eigenvalue weighted by atomic mass is 16.3. The number of fused-ring (bicyclic) bond motifs is 1. The van der Waals surface area contributed by atoms with E-state index in [-0.39, 0.29) is 11.1 Å². The summed E-state index contributed by atoms with van der Waals surface area (Å²) in [5.41, 5.74) is -0.249. The molecule has 2 saturated carbocycles. The molecule has 3 unspecified atom stereocenters. The highest BCUT2D eigenvalue weighted by Crippen LogP contribution is 2.57. The lowest BCUT2D eigenvalue weighted by Crippen LogP contribution is -2.48. The standard InChI is InChI=1S/C11H21NO/c1-10(2,3)12-7-11(13)5-4-8-6-9(8)11/h8-9,12-13H,4-7H2,1-3H3. The predicted octanol–water partition coefficient (Wildman–Crippen LogP) is 1.54. The zero-order chi connectivity index (χ0) is 9.69. The second kappa shape index (κ2) is 2.71. The molecule has 2 heteroatoms. The Labute approximate surface area is 80.7 Å². The summed E-state index contributed by atoms with van der Waals surface area (Å²) < 4.78 is 0. The van der Waals surface area contributed by atoms with Gasteiger partial charge in [-0.1, -0.05) is 0 Å². The van der Waals surface area contributed by atoms with Crippen LogP contribution in [0.3, 0.4) is 0 Å². The van der Waals surface area contributed by atoms with Crippen molar-refractivity contribution in [1.82, 2.24) is 5.32 Å². The van der Waals surface area contributed by atoms with Crippen LogP contribution in [0, 0.1) is 11.8 Å². The van der Waals surface area contributed by atoms with Crippen molar-refractivity contribution in [2.24, 2.45) is 11.8 Å². The van der Waals surface area contributed by atoms with Crippen LogP contribution in [0.2, 0.25) is 0 Å². The molecule has 0 saturated heterocycles. The molecule has 2 N–H and O–H groups in total. The van der Waals surface area contributed by atoms with E-state index in [1.165, 1.54) is 12.8 Å². The molecular formula is C11H21NO. The van der Waals surface area contributed by atoms with Gasteiger partial charge in [-0.25, -0.2) is 0 Å². The predicted molar refractivity (Wildman–Crippen MR) is 53.5 cm³/mol. The smallest absolute Gasteiger partial charge is 0.0802 e. The fourth-order valence-corrected chi connectivity index (χ4v) is 2.48. The van der Waals surface area contributed by atoms with Gasteiger partial charge in [-0.3, -0.25) is 0 Å². The van der Waals surface area contributed by atoms with Crippen molar-refractivity contribution >= 4 is 0 Å². The summed E-state index contributed by atoms with van der Waals surface area (Å²) in [6.45, 7) is 7.22. The number of hydrogen-bond acceptors (Lipinski definition) is 2. The average molecular weight is 183 g/mol. The normalized spacial score (nSPS) is 43.4. The first-order valence-corrected chi connectivity index (χ1v) is 5.38. The van der Waals surface area contributed by atoms with Crippen LogP contribution in [0.5, 0.6) is 0 Å². The molecule has 0 heterocycles. The van der Waals surface area contributed by atoms with Gasteiger partial charge in [0.2, 0.25) is 0 Å². The van der Waals surface area contributed by atoms with E-state index in [2.05, 4.69) is 26.1 Å². The third-order valence-corrected chi connectivity index (χ3v) is 3.49. The third-order valence-electron chi connectivity index (χ3n) is 3.49. The summed E-state index contributed by atoms with van der Waals surface area (Å²) in [5, 5.41) is 13.7. The Morgan fingerprint density at radius 1 is 1.46 bits per heavy atom. The van der Waals surface area contributed by atoms with Crippen LogP contribution >= 0.6 is 0 Å². The minimum Gasteiger partial charge on any atom is -0.388 e. The maximum atomic E-state index is 10.3. The van der Waals surface area contributed by atoms with E-state index in [1.54, 1.807) is 0 Å². The first-order chi connectivity index (χ1) is 5.91. The maximum Gasteiger partial charge on any atom is 0.0802 e. The van der Waals surface area contributed by atoms with Crippen molar-refractivity contribution in [1.29, 1.82) is 0 Å². The van der Waals surface area contributed by atoms with E-state index in [4.69, 9.17) is 0 Å². The van der Waals surface area contributed by atoms with Crippen LogP contribution in [-0.4, -0.2) is 22.8 Å². The molecule has 0 amide bonds. The van der Waals surface area contributed by atoms with Crippen molar-refractivity contribution in [2.45, 2.75) is 51.2 Å². The minimum atomic E-state index is -0.377. The second-order valence-electron chi connectivity index (χ2n) is 5.85. The lowest BCUT2D eigenvalue weighted by atomic mass is 9.96. The van der Waals surface area contributed by atoms with Gasteiger partial charge < -0.3 is 10.4 Å². The Hall–Kier alpha value is -0.0800. The van der Waals surface area contributed by atoms with Crippen molar-refractivity contribution < 1.29 is 5.11 Å². The fourth-order valence-electron chi connectivity index (χ4n) is 2.48. The summed E-state index contributed by atoms with van der Waals surface area (Å²) in [4.78, 5) is 0. The van der Waals surface area contributed by atoms with E-state index >= 15 is 0 Å². The van der Waals surface area contributed by atoms with Gasteiger partial charge in [0.1, 0.15) is 0 Å². The van der Waals surface area contributed by atoms with Crippen LogP contribution < -0.4 is 5.32 Å². The Bertz CT molecular complexity index is 209. The summed E-state index contributed by atoms with van der Waals surface area (Å²) in [6.07, 6.45) is 3.51. The van der Waals surface area contributed by atoms with E-state index in [9.17, 15) is 5.11 Å². The number of aliphatic hydroxyl groups is 1. The van der Waals surface area contributed by atoms with Gasteiger partial charge in [0.25, 0.3) is 0 Å². The first kappa shape index (κ1) is 9.47. The zero-order valence-corrected chi connectivity index (χ0v) is 8.93. The highest BCUT2D eigenvalue weighted by Gasteiger charge is 2.56. The van der Waals surface area contributed by atoms with Crippen LogP contribution in [0.15, 0.2) is 0 Å². The van der Waals surface area contributed by atoms with Gasteiger partial charge in [-0.05, 0) is 51.9 Å². The molecule has 0 aliphatic heterocycles. The molecule has 0 radical (unpaired) electrons. The highest BCUT2D eigenvalue weighted by molar-refractivity contribution is 5.08. The quantitative estimate of drug-likeness (QED) is 0.680. The monoisotopic (exact) mass is 183 g/mol. The van der Waals surface area contributed by atoms with Crippen molar-refractivity contribution in [3.8, 4) is 0 Å². The molecule has 0 spiro atoms. The molecule has 2 aliphatic carbocycles. The lowest BCUT2D eigenvalue weighted by Gasteiger charge is -2.30. The number of hydrogen-bond donors (Lipinski definition) is 2. The van der Waals surface area contributed by atoms with Crippen LogP contribution in [0.4, 0.5) is 0 Å². The molecule has 2 rings (SSSR count). The van der Waals surface area contributed by atoms with E-state index in [0.29, 0.717) is 5.92 Å². The molecular weight excluding hydrogens is 162 g/mol. The maximum absolute atomic E-state index is 10.3. The van der Waals surface area contributed by atoms with Gasteiger partial charge in [0, 0.05) is 12.1 Å². The SMILES string of the molecule is CC(C)(C)NCC1(O)CCC2CC21. The summed E-state index contributed by atoms with van der Waals surface area (Å²) >= 11 is 0. The number of rotatable bonds is 2. The van der Waals surface area contributed by atoms with E-state index in [0.717, 1.165) is 18.9 Å². The molecule has 0 aromatic heterocycles. The Balaban J connectivity index is 1.87. The van der Waals surface area contributed by atoms with Crippen LogP contribution in [-0.2, 0) is 0 Å². The lowest BCUT2D eigenvalue weighted by molar-refractivity contribution is 0.0198. The molecule has 13 heavy (non-hydrogen) atoms. The number of β-amino-alcohol motifs (C(OH)–C–C–N with tert-alkyl or cyclic N) is 1. The molecule has 2 aliphatic rings. The van der Waals surface area contributed by atoms with Crippen molar-refractivity contribution in [2.75, 3.05) is 6.54 Å². The molecule has 3 atom stereocenters. The van der Waals surface area contributed by atoms with Gasteiger partial charge in [-0.2, -0.15) is 0 Å². The zero-order valence-electron chi connectivity index (χ0n) is 8.93. The van der Waals surface area contributed by atoms with Gasteiger partial charge >= 0.3 is 0 Å². The molecule has 2 nitrogen and oxygen atoms in total. The summed E-state index contributed by atoms with van der Waals surface area (Å²) in [6, 6.07) is 0. The molecule has 0 aromatic rings. The topological polar surface area (TPSA) is 32.3 Å². The molecule has 76 valence electrons. The van der Waals surface area contributed by atoms with Crippen LogP contribution in [0.25, 0.3) is 0 Å². The Morgan fingerprint density at radius 2 is 2.15 bits per heavy atom. The third kappa shape index (κ3) is 1.89. The molecule has 0 aromatic carbocycles. The largest absolute Gasteiger partial charge is 0.388 e. The fraction of sp³-hybridized carbons (Fsp3) is 1.00. The minimum absolute atomic E-state index is 0.128. The van der Waals surface area contributed by atoms with Crippen molar-refractivity contribution in [3.05, 3.63) is 0 Å². The first-order valence-electron chi connectivity index (χ1n) is 5.38. The van der Waals surface area contributed by atoms with Gasteiger partial charge in [0.15, 0.2) is 0 Å². The van der Waals surface area contributed by atoms with E-state index < -0.39 is 0 Å². The van der Waals surface area contributed by atoms with Gasteiger partial charge in [-0.15, -0.1) is 0 Å². The average Bonchev–Trinajstić information content (AvgIpc) is 2.70. The number of nitrogens with one attached hydrogen (secondary N) is 1. The van der Waals surface area contributed by atoms with Gasteiger partial charge in [0.05, 0.1) is 5.60 Å². The Morgan fingerprint density at radius 3 is 2.54 bits per heavy atom. The van der Waals surface area contributed by atoms with E-state index in [1.807, 2.05) is 0 Å². The van der Waals surface area contributed by atoms with Crippen LogP contribution in [0.1, 0.15) is 40.0 Å². The Kier molecular flexibility index (Phi) is 1.97.